The fourth-order valence-corrected chi connectivity index (χ4v) is 1.05. The van der Waals surface area contributed by atoms with Crippen LogP contribution in [0, 0.1) is 0 Å². The second kappa shape index (κ2) is 3.82. The van der Waals surface area contributed by atoms with Gasteiger partial charge in [-0.1, -0.05) is 10.2 Å². The molecule has 0 saturated carbocycles. The van der Waals surface area contributed by atoms with E-state index in [1.165, 1.54) is 0 Å². The van der Waals surface area contributed by atoms with Crippen LogP contribution >= 0.6 is 0 Å². The van der Waals surface area contributed by atoms with E-state index in [4.69, 9.17) is 14.6 Å². The zero-order chi connectivity index (χ0) is 9.80. The highest BCUT2D eigenvalue weighted by Gasteiger charge is 2.01. The molecule has 0 bridgehead atoms. The molecule has 0 radical (unpaired) electrons. The molecule has 2 rings (SSSR count). The molecule has 14 heavy (non-hydrogen) atoms. The Morgan fingerprint density at radius 1 is 1.43 bits per heavy atom. The summed E-state index contributed by atoms with van der Waals surface area (Å²) in [5.74, 6) is 0. The number of nitrogen functional groups attached to an aromatic ring is 1. The molecule has 0 saturated heterocycles. The summed E-state index contributed by atoms with van der Waals surface area (Å²) < 4.78 is 9.85. The Kier molecular flexibility index (Phi) is 2.35. The number of aromatic nitrogens is 2. The van der Waals surface area contributed by atoms with Crippen LogP contribution in [0.4, 0.5) is 12.0 Å². The summed E-state index contributed by atoms with van der Waals surface area (Å²) in [6, 6.07) is 2.31. The number of hydrogen-bond acceptors (Lipinski definition) is 6. The predicted molar refractivity (Wildman–Crippen MR) is 49.6 cm³/mol. The topological polar surface area (TPSA) is 90.1 Å². The minimum absolute atomic E-state index is 0.0656. The van der Waals surface area contributed by atoms with Crippen LogP contribution in [0.1, 0.15) is 5.56 Å². The van der Waals surface area contributed by atoms with Crippen LogP contribution in [0.3, 0.4) is 0 Å². The average molecular weight is 194 g/mol. The van der Waals surface area contributed by atoms with Crippen molar-refractivity contribution in [2.75, 3.05) is 17.6 Å². The predicted octanol–water partition coefficient (Wildman–Crippen LogP) is 0.899. The lowest BCUT2D eigenvalue weighted by Crippen LogP contribution is -2.04. The number of rotatable bonds is 4. The first kappa shape index (κ1) is 8.61. The molecule has 0 unspecified atom stereocenters. The summed E-state index contributed by atoms with van der Waals surface area (Å²) in [5.41, 5.74) is 6.37. The first-order valence-electron chi connectivity index (χ1n) is 4.18. The van der Waals surface area contributed by atoms with Gasteiger partial charge in [0.25, 0.3) is 0 Å². The normalized spacial score (nSPS) is 10.3. The van der Waals surface area contributed by atoms with E-state index in [2.05, 4.69) is 15.5 Å². The van der Waals surface area contributed by atoms with E-state index in [-0.39, 0.29) is 6.01 Å². The van der Waals surface area contributed by atoms with E-state index in [0.717, 1.165) is 12.0 Å². The fourth-order valence-electron chi connectivity index (χ4n) is 1.05. The molecule has 0 aromatic carbocycles. The summed E-state index contributed by atoms with van der Waals surface area (Å²) in [7, 11) is 0. The lowest BCUT2D eigenvalue weighted by atomic mass is 10.2. The van der Waals surface area contributed by atoms with Gasteiger partial charge in [0.15, 0.2) is 0 Å². The monoisotopic (exact) mass is 194 g/mol. The van der Waals surface area contributed by atoms with E-state index >= 15 is 0 Å². The third kappa shape index (κ3) is 2.03. The van der Waals surface area contributed by atoms with Crippen molar-refractivity contribution in [3.8, 4) is 0 Å². The third-order valence-corrected chi connectivity index (χ3v) is 1.71. The highest BCUT2D eigenvalue weighted by atomic mass is 16.4. The van der Waals surface area contributed by atoms with Gasteiger partial charge in [0.05, 0.1) is 12.5 Å². The van der Waals surface area contributed by atoms with E-state index < -0.39 is 0 Å². The molecule has 2 aromatic heterocycles. The highest BCUT2D eigenvalue weighted by Crippen LogP contribution is 2.06. The molecular weight excluding hydrogens is 184 g/mol. The largest absolute Gasteiger partial charge is 0.472 e. The zero-order valence-electron chi connectivity index (χ0n) is 7.43. The molecular formula is C8H10N4O2. The van der Waals surface area contributed by atoms with Crippen LogP contribution in [-0.2, 0) is 6.42 Å². The number of anilines is 2. The fraction of sp³-hybridized carbons (Fsp3) is 0.250. The van der Waals surface area contributed by atoms with Gasteiger partial charge in [-0.05, 0) is 18.1 Å². The minimum Gasteiger partial charge on any atom is -0.472 e. The number of hydrogen-bond donors (Lipinski definition) is 2. The van der Waals surface area contributed by atoms with E-state index in [1.807, 2.05) is 6.07 Å². The molecule has 0 aliphatic rings. The minimum atomic E-state index is 0.0656. The van der Waals surface area contributed by atoms with Crippen molar-refractivity contribution in [2.24, 2.45) is 0 Å². The van der Waals surface area contributed by atoms with Gasteiger partial charge in [0.1, 0.15) is 0 Å². The number of nitrogens with zero attached hydrogens (tertiary/aromatic N) is 2. The lowest BCUT2D eigenvalue weighted by Gasteiger charge is -1.97. The molecule has 0 amide bonds. The van der Waals surface area contributed by atoms with Gasteiger partial charge in [0.2, 0.25) is 0 Å². The van der Waals surface area contributed by atoms with Gasteiger partial charge in [-0.3, -0.25) is 0 Å². The average Bonchev–Trinajstić information content (AvgIpc) is 2.77. The van der Waals surface area contributed by atoms with Crippen molar-refractivity contribution in [1.82, 2.24) is 10.2 Å². The Balaban J connectivity index is 1.78. The van der Waals surface area contributed by atoms with Crippen LogP contribution in [0.15, 0.2) is 27.4 Å². The van der Waals surface area contributed by atoms with Crippen LogP contribution in [0.5, 0.6) is 0 Å². The summed E-state index contributed by atoms with van der Waals surface area (Å²) in [6.45, 7) is 0.696. The molecule has 2 heterocycles. The van der Waals surface area contributed by atoms with Gasteiger partial charge in [-0.25, -0.2) is 0 Å². The third-order valence-electron chi connectivity index (χ3n) is 1.71. The summed E-state index contributed by atoms with van der Waals surface area (Å²) in [4.78, 5) is 0. The Hall–Kier alpha value is -1.98. The van der Waals surface area contributed by atoms with Crippen LogP contribution in [-0.4, -0.2) is 16.7 Å². The first-order valence-corrected chi connectivity index (χ1v) is 4.18. The molecule has 74 valence electrons. The Morgan fingerprint density at radius 3 is 3.00 bits per heavy atom. The molecule has 0 aliphatic carbocycles. The molecule has 0 aliphatic heterocycles. The van der Waals surface area contributed by atoms with Gasteiger partial charge in [0, 0.05) is 6.54 Å². The van der Waals surface area contributed by atoms with Crippen LogP contribution in [0.25, 0.3) is 0 Å². The lowest BCUT2D eigenvalue weighted by molar-refractivity contribution is 0.563. The smallest absolute Gasteiger partial charge is 0.316 e. The molecule has 2 aromatic rings. The summed E-state index contributed by atoms with van der Waals surface area (Å²) >= 11 is 0. The molecule has 6 nitrogen and oxygen atoms in total. The Labute approximate surface area is 80.1 Å². The zero-order valence-corrected chi connectivity index (χ0v) is 7.43. The van der Waals surface area contributed by atoms with Gasteiger partial charge < -0.3 is 19.9 Å². The van der Waals surface area contributed by atoms with Gasteiger partial charge in [-0.15, -0.1) is 0 Å². The van der Waals surface area contributed by atoms with Crippen molar-refractivity contribution in [3.63, 3.8) is 0 Å². The second-order valence-corrected chi connectivity index (χ2v) is 2.75. The maximum Gasteiger partial charge on any atom is 0.316 e. The van der Waals surface area contributed by atoms with Crippen molar-refractivity contribution < 1.29 is 8.83 Å². The SMILES string of the molecule is Nc1nnc(NCCc2ccoc2)o1. The summed E-state index contributed by atoms with van der Waals surface area (Å²) in [6.07, 6.45) is 4.17. The number of nitrogens with two attached hydrogens (primary N) is 1. The van der Waals surface area contributed by atoms with Gasteiger partial charge >= 0.3 is 12.0 Å². The Bertz CT molecular complexity index is 382. The number of furan rings is 1. The number of nitrogens with one attached hydrogen (secondary N) is 1. The van der Waals surface area contributed by atoms with E-state index in [9.17, 15) is 0 Å². The molecule has 0 fully saturated rings. The second-order valence-electron chi connectivity index (χ2n) is 2.75. The van der Waals surface area contributed by atoms with Crippen LogP contribution in [0.2, 0.25) is 0 Å². The van der Waals surface area contributed by atoms with Crippen molar-refractivity contribution in [3.05, 3.63) is 24.2 Å². The standard InChI is InChI=1S/C8H10N4O2/c9-7-11-12-8(14-7)10-3-1-6-2-4-13-5-6/h2,4-5H,1,3H2,(H2,9,11)(H,10,12). The van der Waals surface area contributed by atoms with Crippen molar-refractivity contribution in [2.45, 2.75) is 6.42 Å². The van der Waals surface area contributed by atoms with Crippen molar-refractivity contribution >= 4 is 12.0 Å². The van der Waals surface area contributed by atoms with Crippen molar-refractivity contribution in [1.29, 1.82) is 0 Å². The van der Waals surface area contributed by atoms with E-state index in [0.29, 0.717) is 12.6 Å². The Morgan fingerprint density at radius 2 is 2.36 bits per heavy atom. The highest BCUT2D eigenvalue weighted by molar-refractivity contribution is 5.23. The maximum absolute atomic E-state index is 5.25. The first-order chi connectivity index (χ1) is 6.84. The molecule has 3 N–H and O–H groups in total. The molecule has 0 atom stereocenters. The van der Waals surface area contributed by atoms with Crippen LogP contribution < -0.4 is 11.1 Å². The van der Waals surface area contributed by atoms with E-state index in [1.54, 1.807) is 12.5 Å². The summed E-state index contributed by atoms with van der Waals surface area (Å²) in [5, 5.41) is 10.1. The molecule has 0 spiro atoms. The maximum atomic E-state index is 5.25. The molecule has 6 heteroatoms. The quantitative estimate of drug-likeness (QED) is 0.751. The van der Waals surface area contributed by atoms with Gasteiger partial charge in [-0.2, -0.15) is 0 Å².